The lowest BCUT2D eigenvalue weighted by atomic mass is 10.1. The van der Waals surface area contributed by atoms with Crippen molar-refractivity contribution in [3.05, 3.63) is 72.8 Å². The Kier molecular flexibility index (Phi) is 8.00. The van der Waals surface area contributed by atoms with Crippen LogP contribution in [-0.4, -0.2) is 58.8 Å². The summed E-state index contributed by atoms with van der Waals surface area (Å²) in [4.78, 5) is 2.31. The van der Waals surface area contributed by atoms with Crippen LogP contribution < -0.4 is 9.47 Å². The van der Waals surface area contributed by atoms with Crippen molar-refractivity contribution in [2.24, 2.45) is 7.05 Å². The number of aliphatic hydroxyl groups excluding tert-OH is 1. The van der Waals surface area contributed by atoms with Gasteiger partial charge in [-0.2, -0.15) is 5.10 Å². The first-order chi connectivity index (χ1) is 16.6. The summed E-state index contributed by atoms with van der Waals surface area (Å²) in [6, 6.07) is 18.1. The van der Waals surface area contributed by atoms with E-state index in [1.54, 1.807) is 17.9 Å². The second-order valence-corrected chi connectivity index (χ2v) is 8.54. The molecule has 0 bridgehead atoms. The van der Waals surface area contributed by atoms with Crippen LogP contribution in [0.15, 0.2) is 67.3 Å². The smallest absolute Gasteiger partial charge is 0.222 e. The lowest BCUT2D eigenvalue weighted by Crippen LogP contribution is -2.36. The van der Waals surface area contributed by atoms with Crippen molar-refractivity contribution >= 4 is 0 Å². The van der Waals surface area contributed by atoms with Crippen LogP contribution in [0.4, 0.5) is 0 Å². The van der Waals surface area contributed by atoms with Gasteiger partial charge < -0.3 is 19.3 Å². The van der Waals surface area contributed by atoms with Crippen LogP contribution in [0.2, 0.25) is 0 Å². The van der Waals surface area contributed by atoms with Gasteiger partial charge in [0.15, 0.2) is 0 Å². The predicted octanol–water partition coefficient (Wildman–Crippen LogP) is 4.42. The molecule has 1 fully saturated rings. The van der Waals surface area contributed by atoms with Crippen molar-refractivity contribution in [3.63, 3.8) is 0 Å². The number of aryl methyl sites for hydroxylation is 1. The Bertz CT molecular complexity index is 1060. The molecule has 180 valence electrons. The molecule has 1 heterocycles. The monoisotopic (exact) mass is 463 g/mol. The van der Waals surface area contributed by atoms with Gasteiger partial charge in [-0.25, -0.2) is 4.68 Å². The first-order valence-corrected chi connectivity index (χ1v) is 11.6. The second kappa shape index (κ2) is 11.3. The van der Waals surface area contributed by atoms with Crippen LogP contribution in [0.1, 0.15) is 18.4 Å². The Hall–Kier alpha value is -3.13. The standard InChI is InChI=1S/C27H33N3O4/c1-4-16-33-19-22(31)17-30(21-10-11-21)18-25-26(20-8-6-5-7-9-20)28-29(2)27(25)34-24-14-12-23(32-3)13-15-24/h4-9,12-15,21-22,31H,1,10-11,16-19H2,2-3H3/t22-/m0/s1. The Balaban J connectivity index is 1.63. The van der Waals surface area contributed by atoms with Crippen molar-refractivity contribution in [2.45, 2.75) is 31.5 Å². The number of ether oxygens (including phenoxy) is 3. The van der Waals surface area contributed by atoms with Crippen LogP contribution in [0, 0.1) is 0 Å². The summed E-state index contributed by atoms with van der Waals surface area (Å²) in [5, 5.41) is 15.4. The molecule has 1 aliphatic carbocycles. The van der Waals surface area contributed by atoms with Crippen LogP contribution >= 0.6 is 0 Å². The Morgan fingerprint density at radius 3 is 2.50 bits per heavy atom. The van der Waals surface area contributed by atoms with Gasteiger partial charge in [0.25, 0.3) is 0 Å². The maximum atomic E-state index is 10.6. The molecule has 0 saturated heterocycles. The zero-order valence-corrected chi connectivity index (χ0v) is 19.9. The van der Waals surface area contributed by atoms with E-state index >= 15 is 0 Å². The third-order valence-electron chi connectivity index (χ3n) is 5.82. The number of rotatable bonds is 13. The fourth-order valence-corrected chi connectivity index (χ4v) is 4.00. The molecule has 0 aliphatic heterocycles. The minimum atomic E-state index is -0.580. The largest absolute Gasteiger partial charge is 0.497 e. The van der Waals surface area contributed by atoms with Crippen molar-refractivity contribution in [2.75, 3.05) is 26.9 Å². The molecular formula is C27H33N3O4. The highest BCUT2D eigenvalue weighted by atomic mass is 16.5. The molecule has 0 unspecified atom stereocenters. The maximum Gasteiger partial charge on any atom is 0.222 e. The quantitative estimate of drug-likeness (QED) is 0.299. The van der Waals surface area contributed by atoms with Gasteiger partial charge in [-0.15, -0.1) is 6.58 Å². The summed E-state index contributed by atoms with van der Waals surface area (Å²) in [6.45, 7) is 5.51. The molecule has 3 aromatic rings. The van der Waals surface area contributed by atoms with Gasteiger partial charge in [-0.1, -0.05) is 36.4 Å². The fraction of sp³-hybridized carbons (Fsp3) is 0.370. The molecule has 1 aromatic heterocycles. The van der Waals surface area contributed by atoms with Gasteiger partial charge in [0.2, 0.25) is 5.88 Å². The zero-order valence-electron chi connectivity index (χ0n) is 19.9. The summed E-state index contributed by atoms with van der Waals surface area (Å²) in [7, 11) is 3.54. The van der Waals surface area contributed by atoms with E-state index in [4.69, 9.17) is 19.3 Å². The van der Waals surface area contributed by atoms with Gasteiger partial charge in [-0.3, -0.25) is 4.90 Å². The third kappa shape index (κ3) is 6.05. The van der Waals surface area contributed by atoms with Crippen molar-refractivity contribution in [1.29, 1.82) is 0 Å². The predicted molar refractivity (Wildman–Crippen MR) is 132 cm³/mol. The summed E-state index contributed by atoms with van der Waals surface area (Å²) >= 11 is 0. The maximum absolute atomic E-state index is 10.6. The second-order valence-electron chi connectivity index (χ2n) is 8.54. The molecular weight excluding hydrogens is 430 g/mol. The van der Waals surface area contributed by atoms with E-state index in [0.717, 1.165) is 35.4 Å². The zero-order chi connectivity index (χ0) is 23.9. The Labute approximate surface area is 201 Å². The number of methoxy groups -OCH3 is 1. The van der Waals surface area contributed by atoms with E-state index in [-0.39, 0.29) is 6.61 Å². The average Bonchev–Trinajstić information content (AvgIpc) is 3.66. The number of hydrogen-bond donors (Lipinski definition) is 1. The Morgan fingerprint density at radius 2 is 1.85 bits per heavy atom. The summed E-state index contributed by atoms with van der Waals surface area (Å²) in [5.74, 6) is 2.17. The van der Waals surface area contributed by atoms with Crippen molar-refractivity contribution in [1.82, 2.24) is 14.7 Å². The molecule has 0 spiro atoms. The number of benzene rings is 2. The van der Waals surface area contributed by atoms with Gasteiger partial charge in [-0.05, 0) is 37.1 Å². The van der Waals surface area contributed by atoms with Gasteiger partial charge >= 0.3 is 0 Å². The molecule has 0 radical (unpaired) electrons. The molecule has 7 nitrogen and oxygen atoms in total. The van der Waals surface area contributed by atoms with Crippen LogP contribution in [0.5, 0.6) is 17.4 Å². The lowest BCUT2D eigenvalue weighted by molar-refractivity contribution is 0.0227. The van der Waals surface area contributed by atoms with E-state index in [2.05, 4.69) is 23.6 Å². The number of aromatic nitrogens is 2. The summed E-state index contributed by atoms with van der Waals surface area (Å²) in [5.41, 5.74) is 2.91. The minimum absolute atomic E-state index is 0.281. The van der Waals surface area contributed by atoms with Crippen molar-refractivity contribution < 1.29 is 19.3 Å². The molecule has 4 rings (SSSR count). The van der Waals surface area contributed by atoms with Crippen LogP contribution in [0.3, 0.4) is 0 Å². The number of aliphatic hydroxyl groups is 1. The first kappa shape index (κ1) is 24.0. The highest BCUT2D eigenvalue weighted by Crippen LogP contribution is 2.37. The van der Waals surface area contributed by atoms with Crippen LogP contribution in [0.25, 0.3) is 11.3 Å². The van der Waals surface area contributed by atoms with E-state index in [1.165, 1.54) is 0 Å². The van der Waals surface area contributed by atoms with Crippen molar-refractivity contribution in [3.8, 4) is 28.6 Å². The molecule has 34 heavy (non-hydrogen) atoms. The molecule has 2 aromatic carbocycles. The third-order valence-corrected chi connectivity index (χ3v) is 5.82. The number of nitrogens with zero attached hydrogens (tertiary/aromatic N) is 3. The van der Waals surface area contributed by atoms with Gasteiger partial charge in [0.1, 0.15) is 17.2 Å². The fourth-order valence-electron chi connectivity index (χ4n) is 4.00. The Morgan fingerprint density at radius 1 is 1.15 bits per heavy atom. The SMILES string of the molecule is C=CCOC[C@@H](O)CN(Cc1c(-c2ccccc2)nn(C)c1Oc1ccc(OC)cc1)C1CC1. The highest BCUT2D eigenvalue weighted by Gasteiger charge is 2.33. The minimum Gasteiger partial charge on any atom is -0.497 e. The average molecular weight is 464 g/mol. The highest BCUT2D eigenvalue weighted by molar-refractivity contribution is 5.65. The van der Waals surface area contributed by atoms with E-state index < -0.39 is 6.10 Å². The number of hydrogen-bond acceptors (Lipinski definition) is 6. The summed E-state index contributed by atoms with van der Waals surface area (Å²) in [6.07, 6.45) is 3.35. The molecule has 1 aliphatic rings. The van der Waals surface area contributed by atoms with E-state index in [9.17, 15) is 5.11 Å². The van der Waals surface area contributed by atoms with E-state index in [0.29, 0.717) is 37.4 Å². The van der Waals surface area contributed by atoms with Crippen LogP contribution in [-0.2, 0) is 18.3 Å². The molecule has 7 heteroatoms. The molecule has 1 atom stereocenters. The lowest BCUT2D eigenvalue weighted by Gasteiger charge is -2.25. The molecule has 1 N–H and O–H groups in total. The summed E-state index contributed by atoms with van der Waals surface area (Å²) < 4.78 is 18.9. The topological polar surface area (TPSA) is 69.0 Å². The van der Waals surface area contributed by atoms with E-state index in [1.807, 2.05) is 49.5 Å². The first-order valence-electron chi connectivity index (χ1n) is 11.6. The normalized spacial score (nSPS) is 14.2. The molecule has 1 saturated carbocycles. The van der Waals surface area contributed by atoms with Gasteiger partial charge in [0, 0.05) is 31.7 Å². The van der Waals surface area contributed by atoms with Gasteiger partial charge in [0.05, 0.1) is 32.0 Å². The molecule has 0 amide bonds.